The average Bonchev–Trinajstić information content (AvgIpc) is 3.88. The van der Waals surface area contributed by atoms with Crippen molar-refractivity contribution >= 4 is 40.3 Å². The van der Waals surface area contributed by atoms with E-state index in [-0.39, 0.29) is 59.5 Å². The summed E-state index contributed by atoms with van der Waals surface area (Å²) >= 11 is 1.19. The van der Waals surface area contributed by atoms with E-state index in [1.54, 1.807) is 16.0 Å². The fraction of sp³-hybridized carbons (Fsp3) is 0.303. The van der Waals surface area contributed by atoms with Gasteiger partial charge in [0.1, 0.15) is 17.7 Å². The molecule has 250 valence electrons. The van der Waals surface area contributed by atoms with E-state index in [4.69, 9.17) is 5.11 Å². The number of alkyl halides is 1. The zero-order chi connectivity index (χ0) is 34.2. The van der Waals surface area contributed by atoms with E-state index in [0.29, 0.717) is 42.3 Å². The molecule has 1 unspecified atom stereocenters. The molecule has 1 fully saturated rings. The van der Waals surface area contributed by atoms with Crippen molar-refractivity contribution in [2.24, 2.45) is 0 Å². The number of pyridine rings is 1. The molecule has 4 amide bonds. The summed E-state index contributed by atoms with van der Waals surface area (Å²) in [4.78, 5) is 66.4. The van der Waals surface area contributed by atoms with Crippen LogP contribution in [0.5, 0.6) is 0 Å². The van der Waals surface area contributed by atoms with Crippen molar-refractivity contribution in [3.63, 3.8) is 0 Å². The number of amides is 4. The molecule has 0 saturated carbocycles. The Morgan fingerprint density at radius 1 is 1.08 bits per heavy atom. The predicted octanol–water partition coefficient (Wildman–Crippen LogP) is 3.38. The van der Waals surface area contributed by atoms with Gasteiger partial charge in [-0.1, -0.05) is 11.8 Å². The lowest BCUT2D eigenvalue weighted by Gasteiger charge is -2.30. The Morgan fingerprint density at radius 2 is 1.88 bits per heavy atom. The monoisotopic (exact) mass is 686 g/mol. The molecule has 0 bridgehead atoms. The second kappa shape index (κ2) is 13.1. The number of nitrogens with zero attached hydrogens (tertiary/aromatic N) is 6. The zero-order valence-electron chi connectivity index (χ0n) is 25.7. The number of thiazole rings is 1. The largest absolute Gasteiger partial charge is 0.465 e. The Bertz CT molecular complexity index is 2020. The fourth-order valence-electron chi connectivity index (χ4n) is 6.28. The Hall–Kier alpha value is -5.69. The summed E-state index contributed by atoms with van der Waals surface area (Å²) in [5.41, 5.74) is 1.71. The van der Waals surface area contributed by atoms with Crippen LogP contribution in [0.3, 0.4) is 0 Å². The van der Waals surface area contributed by atoms with Gasteiger partial charge in [-0.2, -0.15) is 0 Å². The van der Waals surface area contributed by atoms with Crippen molar-refractivity contribution in [3.8, 4) is 11.8 Å². The third-order valence-electron chi connectivity index (χ3n) is 8.73. The number of hydrogen-bond donors (Lipinski definition) is 3. The molecule has 3 N–H and O–H groups in total. The van der Waals surface area contributed by atoms with Crippen molar-refractivity contribution in [2.75, 3.05) is 18.4 Å². The summed E-state index contributed by atoms with van der Waals surface area (Å²) in [6.45, 7) is 0.563. The number of carboxylic acid groups (broad SMARTS) is 1. The number of fused-ring (bicyclic) bond motifs is 2. The lowest BCUT2D eigenvalue weighted by Crippen LogP contribution is -2.46. The minimum atomic E-state index is -1.27. The van der Waals surface area contributed by atoms with Crippen molar-refractivity contribution in [2.45, 2.75) is 50.6 Å². The minimum Gasteiger partial charge on any atom is -0.465 e. The molecule has 1 saturated heterocycles. The molecule has 2 atom stereocenters. The first kappa shape index (κ1) is 31.9. The quantitative estimate of drug-likeness (QED) is 0.260. The summed E-state index contributed by atoms with van der Waals surface area (Å²) in [6.07, 6.45) is 3.28. The van der Waals surface area contributed by atoms with Crippen LogP contribution in [0, 0.1) is 17.7 Å². The smallest absolute Gasteiger partial charge is 0.407 e. The van der Waals surface area contributed by atoms with Gasteiger partial charge in [0, 0.05) is 71.3 Å². The molecular formula is C33H28F2N8O5S. The van der Waals surface area contributed by atoms with Gasteiger partial charge < -0.3 is 24.8 Å². The van der Waals surface area contributed by atoms with Gasteiger partial charge in [-0.25, -0.2) is 28.5 Å². The lowest BCUT2D eigenvalue weighted by molar-refractivity contribution is -0.121. The minimum absolute atomic E-state index is 0.0356. The molecule has 3 aliphatic rings. The molecule has 6 heterocycles. The van der Waals surface area contributed by atoms with Crippen molar-refractivity contribution < 1.29 is 33.1 Å². The molecule has 49 heavy (non-hydrogen) atoms. The molecule has 13 nitrogen and oxygen atoms in total. The number of halogens is 2. The second-order valence-corrected chi connectivity index (χ2v) is 12.8. The van der Waals surface area contributed by atoms with E-state index >= 15 is 4.39 Å². The van der Waals surface area contributed by atoms with E-state index in [1.165, 1.54) is 58.1 Å². The van der Waals surface area contributed by atoms with Crippen molar-refractivity contribution in [1.82, 2.24) is 34.6 Å². The van der Waals surface area contributed by atoms with E-state index in [2.05, 4.69) is 37.4 Å². The molecule has 4 aromatic rings. The molecule has 1 aromatic carbocycles. The highest BCUT2D eigenvalue weighted by molar-refractivity contribution is 7.13. The Balaban J connectivity index is 1.07. The Morgan fingerprint density at radius 3 is 2.59 bits per heavy atom. The van der Waals surface area contributed by atoms with Gasteiger partial charge in [-0.3, -0.25) is 19.7 Å². The van der Waals surface area contributed by atoms with E-state index in [9.17, 15) is 23.6 Å². The first-order valence-electron chi connectivity index (χ1n) is 15.4. The van der Waals surface area contributed by atoms with Crippen LogP contribution in [0.15, 0.2) is 48.4 Å². The number of carbonyl (C=O) groups is 4. The van der Waals surface area contributed by atoms with Gasteiger partial charge in [0.15, 0.2) is 11.2 Å². The number of piperidine rings is 1. The highest BCUT2D eigenvalue weighted by Crippen LogP contribution is 2.36. The standard InChI is InChI=1S/C33H28F2N8O5S/c34-20-13-26-27(38-17-42(26)15-20)28(30(45)40-32-36-7-10-49-32)43-16-23-22(31(43)46)11-19(12-24(23)35)2-1-18-3-4-25(37-14-18)29(44)39-21-5-8-41(9-6-21)33(47)48/h3-4,7,10-12,14,17,20-21,28H,5-6,8-9,13,15-16H2,(H,39,44)(H,47,48)(H,36,40,45)/t20-,28?/m1/s1. The number of rotatable bonds is 6. The Labute approximate surface area is 282 Å². The van der Waals surface area contributed by atoms with Crippen LogP contribution in [0.1, 0.15) is 67.8 Å². The molecular weight excluding hydrogens is 658 g/mol. The van der Waals surface area contributed by atoms with Gasteiger partial charge >= 0.3 is 6.09 Å². The summed E-state index contributed by atoms with van der Waals surface area (Å²) in [5, 5.41) is 16.7. The summed E-state index contributed by atoms with van der Waals surface area (Å²) < 4.78 is 31.4. The molecule has 0 spiro atoms. The number of aromatic nitrogens is 4. The normalized spacial score (nSPS) is 17.6. The molecule has 3 aromatic heterocycles. The van der Waals surface area contributed by atoms with Gasteiger partial charge in [-0.15, -0.1) is 11.3 Å². The average molecular weight is 687 g/mol. The van der Waals surface area contributed by atoms with E-state index in [1.807, 2.05) is 0 Å². The van der Waals surface area contributed by atoms with Crippen molar-refractivity contribution in [1.29, 1.82) is 0 Å². The highest BCUT2D eigenvalue weighted by Gasteiger charge is 2.42. The number of anilines is 1. The fourth-order valence-corrected chi connectivity index (χ4v) is 6.81. The summed E-state index contributed by atoms with van der Waals surface area (Å²) in [6, 6.07) is 4.34. The number of hydrogen-bond acceptors (Lipinski definition) is 8. The zero-order valence-corrected chi connectivity index (χ0v) is 26.5. The van der Waals surface area contributed by atoms with Crippen molar-refractivity contribution in [3.05, 3.63) is 93.5 Å². The Kier molecular flexibility index (Phi) is 8.51. The summed E-state index contributed by atoms with van der Waals surface area (Å²) in [7, 11) is 0. The molecule has 16 heteroatoms. The number of nitrogens with one attached hydrogen (secondary N) is 2. The maximum atomic E-state index is 15.5. The maximum Gasteiger partial charge on any atom is 0.407 e. The molecule has 0 aliphatic carbocycles. The molecule has 0 radical (unpaired) electrons. The van der Waals surface area contributed by atoms with Crippen LogP contribution in [0.4, 0.5) is 18.7 Å². The van der Waals surface area contributed by atoms with Gasteiger partial charge in [-0.05, 0) is 37.1 Å². The lowest BCUT2D eigenvalue weighted by atomic mass is 10.0. The summed E-state index contributed by atoms with van der Waals surface area (Å²) in [5.74, 6) is 3.46. The van der Waals surface area contributed by atoms with E-state index < -0.39 is 35.9 Å². The van der Waals surface area contributed by atoms with Gasteiger partial charge in [0.05, 0.1) is 25.1 Å². The van der Waals surface area contributed by atoms with Crippen LogP contribution in [0.2, 0.25) is 0 Å². The SMILES string of the molecule is O=C(NC1CCN(C(=O)O)CC1)c1ccc(C#Cc2cc(F)c3c(c2)C(=O)N(C(C(=O)Nc2nccs2)c2ncn4c2C[C@@H](F)C4)C3)cn1. The van der Waals surface area contributed by atoms with E-state index in [0.717, 1.165) is 0 Å². The van der Waals surface area contributed by atoms with Gasteiger partial charge in [0.2, 0.25) is 0 Å². The maximum absolute atomic E-state index is 15.5. The van der Waals surface area contributed by atoms with Crippen LogP contribution in [0.25, 0.3) is 0 Å². The highest BCUT2D eigenvalue weighted by atomic mass is 32.1. The third kappa shape index (κ3) is 6.44. The number of carbonyl (C=O) groups excluding carboxylic acids is 3. The van der Waals surface area contributed by atoms with Crippen LogP contribution in [-0.4, -0.2) is 83.5 Å². The number of imidazole rings is 1. The predicted molar refractivity (Wildman–Crippen MR) is 171 cm³/mol. The van der Waals surface area contributed by atoms with Gasteiger partial charge in [0.25, 0.3) is 17.7 Å². The third-order valence-corrected chi connectivity index (χ3v) is 9.42. The first-order valence-corrected chi connectivity index (χ1v) is 16.3. The molecule has 3 aliphatic heterocycles. The number of benzene rings is 1. The first-order chi connectivity index (χ1) is 23.6. The van der Waals surface area contributed by atoms with Crippen LogP contribution in [-0.2, 0) is 24.3 Å². The second-order valence-electron chi connectivity index (χ2n) is 11.9. The number of likely N-dealkylation sites (tertiary alicyclic amines) is 1. The topological polar surface area (TPSA) is 163 Å². The van der Waals surface area contributed by atoms with Crippen LogP contribution < -0.4 is 10.6 Å². The molecule has 7 rings (SSSR count). The van der Waals surface area contributed by atoms with Crippen LogP contribution >= 0.6 is 11.3 Å².